The minimum absolute atomic E-state index is 0.544. The number of benzene rings is 1. The van der Waals surface area contributed by atoms with Crippen molar-refractivity contribution in [3.8, 4) is 0 Å². The Hall–Kier alpha value is -1.55. The van der Waals surface area contributed by atoms with E-state index in [1.165, 1.54) is 0 Å². The normalized spacial score (nSPS) is 17.4. The van der Waals surface area contributed by atoms with Gasteiger partial charge in [-0.05, 0) is 31.4 Å². The van der Waals surface area contributed by atoms with Crippen LogP contribution in [0, 0.1) is 5.41 Å². The first-order chi connectivity index (χ1) is 10.2. The Balaban J connectivity index is 2.18. The summed E-state index contributed by atoms with van der Waals surface area (Å²) in [5, 5.41) is 9.73. The molecule has 116 valence electrons. The lowest BCUT2D eigenvalue weighted by atomic mass is 9.79. The van der Waals surface area contributed by atoms with E-state index in [1.54, 1.807) is 0 Å². The van der Waals surface area contributed by atoms with Crippen molar-refractivity contribution in [3.63, 3.8) is 0 Å². The van der Waals surface area contributed by atoms with Crippen molar-refractivity contribution in [2.75, 3.05) is 31.2 Å². The highest BCUT2D eigenvalue weighted by Crippen LogP contribution is 2.33. The molecule has 1 aliphatic rings. The number of anilines is 1. The average molecular weight is 291 g/mol. The summed E-state index contributed by atoms with van der Waals surface area (Å²) in [5.41, 5.74) is 0.431. The molecule has 4 heteroatoms. The summed E-state index contributed by atoms with van der Waals surface area (Å²) >= 11 is 0. The standard InChI is InChI=1S/C17H25NO3/c1-2-3-11-18(15-7-5-4-6-8-15)14-17(16(19)20)9-12-21-13-10-17/h4-8H,2-3,9-14H2,1H3,(H,19,20). The second-order valence-corrected chi connectivity index (χ2v) is 5.81. The predicted molar refractivity (Wildman–Crippen MR) is 83.7 cm³/mol. The number of para-hydroxylation sites is 1. The molecule has 1 saturated heterocycles. The van der Waals surface area contributed by atoms with E-state index in [4.69, 9.17) is 4.74 Å². The van der Waals surface area contributed by atoms with Gasteiger partial charge in [-0.3, -0.25) is 4.79 Å². The van der Waals surface area contributed by atoms with Gasteiger partial charge in [-0.1, -0.05) is 31.5 Å². The van der Waals surface area contributed by atoms with Crippen molar-refractivity contribution in [3.05, 3.63) is 30.3 Å². The topological polar surface area (TPSA) is 49.8 Å². The lowest BCUT2D eigenvalue weighted by Crippen LogP contribution is -2.47. The fraction of sp³-hybridized carbons (Fsp3) is 0.588. The van der Waals surface area contributed by atoms with E-state index in [0.29, 0.717) is 32.6 Å². The summed E-state index contributed by atoms with van der Waals surface area (Å²) in [6.07, 6.45) is 3.36. The molecule has 0 spiro atoms. The van der Waals surface area contributed by atoms with Gasteiger partial charge in [0.05, 0.1) is 5.41 Å². The van der Waals surface area contributed by atoms with Gasteiger partial charge >= 0.3 is 5.97 Å². The minimum atomic E-state index is -0.691. The van der Waals surface area contributed by atoms with E-state index < -0.39 is 11.4 Å². The Bertz CT molecular complexity index is 441. The van der Waals surface area contributed by atoms with Crippen LogP contribution in [0.4, 0.5) is 5.69 Å². The number of carbonyl (C=O) groups is 1. The molecule has 4 nitrogen and oxygen atoms in total. The van der Waals surface area contributed by atoms with Crippen LogP contribution in [0.25, 0.3) is 0 Å². The maximum absolute atomic E-state index is 11.8. The van der Waals surface area contributed by atoms with Gasteiger partial charge in [-0.15, -0.1) is 0 Å². The third-order valence-corrected chi connectivity index (χ3v) is 4.30. The third-order valence-electron chi connectivity index (χ3n) is 4.30. The molecule has 0 atom stereocenters. The molecular formula is C17H25NO3. The van der Waals surface area contributed by atoms with E-state index in [0.717, 1.165) is 25.1 Å². The van der Waals surface area contributed by atoms with Gasteiger partial charge in [0.2, 0.25) is 0 Å². The minimum Gasteiger partial charge on any atom is -0.481 e. The van der Waals surface area contributed by atoms with Crippen molar-refractivity contribution in [1.82, 2.24) is 0 Å². The summed E-state index contributed by atoms with van der Waals surface area (Å²) in [6.45, 7) is 4.71. The monoisotopic (exact) mass is 291 g/mol. The second kappa shape index (κ2) is 7.46. The van der Waals surface area contributed by atoms with Crippen molar-refractivity contribution in [1.29, 1.82) is 0 Å². The van der Waals surface area contributed by atoms with Gasteiger partial charge < -0.3 is 14.7 Å². The number of hydrogen-bond donors (Lipinski definition) is 1. The lowest BCUT2D eigenvalue weighted by Gasteiger charge is -2.38. The Labute approximate surface area is 126 Å². The zero-order chi connectivity index (χ0) is 15.1. The van der Waals surface area contributed by atoms with Gasteiger partial charge in [0, 0.05) is 32.0 Å². The molecule has 1 N–H and O–H groups in total. The SMILES string of the molecule is CCCCN(CC1(C(=O)O)CCOCC1)c1ccccc1. The summed E-state index contributed by atoms with van der Waals surface area (Å²) in [4.78, 5) is 14.1. The van der Waals surface area contributed by atoms with Gasteiger partial charge in [-0.2, -0.15) is 0 Å². The number of carboxylic acids is 1. The summed E-state index contributed by atoms with van der Waals surface area (Å²) < 4.78 is 5.36. The first kappa shape index (κ1) is 15.8. The molecule has 0 aliphatic carbocycles. The van der Waals surface area contributed by atoms with Crippen LogP contribution in [0.2, 0.25) is 0 Å². The Kier molecular flexibility index (Phi) is 5.62. The number of unbranched alkanes of at least 4 members (excludes halogenated alkanes) is 1. The zero-order valence-electron chi connectivity index (χ0n) is 12.8. The highest BCUT2D eigenvalue weighted by molar-refractivity contribution is 5.76. The summed E-state index contributed by atoms with van der Waals surface area (Å²) in [6, 6.07) is 10.1. The van der Waals surface area contributed by atoms with Gasteiger partial charge in [0.25, 0.3) is 0 Å². The molecule has 0 radical (unpaired) electrons. The highest BCUT2D eigenvalue weighted by Gasteiger charge is 2.41. The van der Waals surface area contributed by atoms with Gasteiger partial charge in [0.15, 0.2) is 0 Å². The fourth-order valence-electron chi connectivity index (χ4n) is 2.85. The number of hydrogen-bond acceptors (Lipinski definition) is 3. The molecule has 1 aromatic carbocycles. The number of ether oxygens (including phenoxy) is 1. The molecule has 0 aromatic heterocycles. The molecule has 1 aromatic rings. The van der Waals surface area contributed by atoms with Gasteiger partial charge in [0.1, 0.15) is 0 Å². The van der Waals surface area contributed by atoms with Crippen LogP contribution in [0.5, 0.6) is 0 Å². The number of nitrogens with zero attached hydrogens (tertiary/aromatic N) is 1. The van der Waals surface area contributed by atoms with E-state index in [2.05, 4.69) is 24.0 Å². The van der Waals surface area contributed by atoms with E-state index in [9.17, 15) is 9.90 Å². The van der Waals surface area contributed by atoms with Gasteiger partial charge in [-0.25, -0.2) is 0 Å². The van der Waals surface area contributed by atoms with Crippen molar-refractivity contribution >= 4 is 11.7 Å². The Morgan fingerprint density at radius 1 is 1.29 bits per heavy atom. The summed E-state index contributed by atoms with van der Waals surface area (Å²) in [5.74, 6) is -0.691. The lowest BCUT2D eigenvalue weighted by molar-refractivity contribution is -0.154. The zero-order valence-corrected chi connectivity index (χ0v) is 12.8. The maximum atomic E-state index is 11.8. The van der Waals surface area contributed by atoms with Crippen LogP contribution >= 0.6 is 0 Å². The molecule has 0 saturated carbocycles. The molecule has 1 heterocycles. The Morgan fingerprint density at radius 2 is 1.95 bits per heavy atom. The van der Waals surface area contributed by atoms with Crippen molar-refractivity contribution < 1.29 is 14.6 Å². The smallest absolute Gasteiger partial charge is 0.311 e. The maximum Gasteiger partial charge on any atom is 0.311 e. The molecule has 2 rings (SSSR count). The van der Waals surface area contributed by atoms with Crippen LogP contribution in [-0.4, -0.2) is 37.4 Å². The number of carboxylic acid groups (broad SMARTS) is 1. The van der Waals surface area contributed by atoms with Crippen LogP contribution in [0.1, 0.15) is 32.6 Å². The first-order valence-corrected chi connectivity index (χ1v) is 7.79. The number of aliphatic carboxylic acids is 1. The van der Waals surface area contributed by atoms with Crippen LogP contribution in [0.15, 0.2) is 30.3 Å². The van der Waals surface area contributed by atoms with Crippen molar-refractivity contribution in [2.45, 2.75) is 32.6 Å². The third kappa shape index (κ3) is 3.97. The Morgan fingerprint density at radius 3 is 2.52 bits per heavy atom. The van der Waals surface area contributed by atoms with E-state index in [1.807, 2.05) is 18.2 Å². The summed E-state index contributed by atoms with van der Waals surface area (Å²) in [7, 11) is 0. The fourth-order valence-corrected chi connectivity index (χ4v) is 2.85. The molecule has 21 heavy (non-hydrogen) atoms. The average Bonchev–Trinajstić information content (AvgIpc) is 2.53. The second-order valence-electron chi connectivity index (χ2n) is 5.81. The van der Waals surface area contributed by atoms with Crippen molar-refractivity contribution in [2.24, 2.45) is 5.41 Å². The van der Waals surface area contributed by atoms with Crippen LogP contribution < -0.4 is 4.90 Å². The highest BCUT2D eigenvalue weighted by atomic mass is 16.5. The molecule has 0 bridgehead atoms. The van der Waals surface area contributed by atoms with E-state index >= 15 is 0 Å². The van der Waals surface area contributed by atoms with Crippen LogP contribution in [0.3, 0.4) is 0 Å². The van der Waals surface area contributed by atoms with Crippen LogP contribution in [-0.2, 0) is 9.53 Å². The molecule has 1 aliphatic heterocycles. The quantitative estimate of drug-likeness (QED) is 0.838. The molecule has 1 fully saturated rings. The van der Waals surface area contributed by atoms with E-state index in [-0.39, 0.29) is 0 Å². The number of rotatable bonds is 7. The molecule has 0 unspecified atom stereocenters. The first-order valence-electron chi connectivity index (χ1n) is 7.79. The predicted octanol–water partition coefficient (Wildman–Crippen LogP) is 3.17. The molecule has 0 amide bonds. The molecular weight excluding hydrogens is 266 g/mol. The largest absolute Gasteiger partial charge is 0.481 e.